The summed E-state index contributed by atoms with van der Waals surface area (Å²) in [7, 11) is 3.31. The monoisotopic (exact) mass is 647 g/mol. The molecule has 0 saturated carbocycles. The van der Waals surface area contributed by atoms with Crippen LogP contribution in [0.2, 0.25) is 0 Å². The molecule has 2 aliphatic heterocycles. The van der Waals surface area contributed by atoms with E-state index in [1.54, 1.807) is 19.7 Å². The summed E-state index contributed by atoms with van der Waals surface area (Å²) in [6.45, 7) is 2.40. The van der Waals surface area contributed by atoms with E-state index in [0.29, 0.717) is 37.8 Å². The van der Waals surface area contributed by atoms with Gasteiger partial charge in [0.25, 0.3) is 0 Å². The molecule has 0 spiro atoms. The van der Waals surface area contributed by atoms with E-state index in [9.17, 15) is 14.7 Å². The maximum atomic E-state index is 12.5. The van der Waals surface area contributed by atoms with Crippen LogP contribution in [0.5, 0.6) is 11.5 Å². The van der Waals surface area contributed by atoms with Gasteiger partial charge in [-0.3, -0.25) is 19.7 Å². The molecule has 2 aliphatic rings. The van der Waals surface area contributed by atoms with Gasteiger partial charge in [0.2, 0.25) is 11.8 Å². The van der Waals surface area contributed by atoms with Gasteiger partial charge in [0, 0.05) is 50.1 Å². The summed E-state index contributed by atoms with van der Waals surface area (Å²) >= 11 is 0. The Bertz CT molecular complexity index is 1480. The van der Waals surface area contributed by atoms with Crippen LogP contribution in [0.25, 0.3) is 0 Å². The molecule has 5 rings (SSSR count). The van der Waals surface area contributed by atoms with Crippen molar-refractivity contribution in [2.45, 2.75) is 76.6 Å². The smallest absolute Gasteiger partial charge is 0.243 e. The zero-order valence-electron chi connectivity index (χ0n) is 27.1. The van der Waals surface area contributed by atoms with Crippen LogP contribution >= 0.6 is 0 Å². The van der Waals surface area contributed by atoms with Gasteiger partial charge in [-0.1, -0.05) is 42.8 Å². The van der Waals surface area contributed by atoms with Crippen LogP contribution in [0.1, 0.15) is 78.7 Å². The topological polar surface area (TPSA) is 139 Å². The molecule has 3 aromatic rings. The van der Waals surface area contributed by atoms with E-state index in [1.807, 2.05) is 48.5 Å². The summed E-state index contributed by atoms with van der Waals surface area (Å²) in [4.78, 5) is 26.0. The molecular formula is C36H45N3O8. The molecule has 1 fully saturated rings. The van der Waals surface area contributed by atoms with Crippen LogP contribution in [-0.4, -0.2) is 60.4 Å². The Morgan fingerprint density at radius 2 is 1.53 bits per heavy atom. The van der Waals surface area contributed by atoms with Crippen LogP contribution < -0.4 is 20.3 Å². The van der Waals surface area contributed by atoms with Gasteiger partial charge in [-0.05, 0) is 65.8 Å². The van der Waals surface area contributed by atoms with Crippen molar-refractivity contribution in [3.05, 3.63) is 88.5 Å². The Balaban J connectivity index is 1.23. The summed E-state index contributed by atoms with van der Waals surface area (Å²) in [5.74, 6) is 0.960. The number of hydroxylamine groups is 1. The van der Waals surface area contributed by atoms with Gasteiger partial charge in [-0.2, -0.15) is 0 Å². The molecule has 11 nitrogen and oxygen atoms in total. The first kappa shape index (κ1) is 34.3. The molecule has 0 radical (unpaired) electrons. The minimum absolute atomic E-state index is 0.0144. The van der Waals surface area contributed by atoms with Crippen LogP contribution in [0.3, 0.4) is 0 Å². The zero-order chi connectivity index (χ0) is 33.2. The van der Waals surface area contributed by atoms with Gasteiger partial charge in [0.05, 0.1) is 33.0 Å². The lowest BCUT2D eigenvalue weighted by Crippen LogP contribution is -2.41. The van der Waals surface area contributed by atoms with Crippen molar-refractivity contribution in [3.8, 4) is 11.5 Å². The van der Waals surface area contributed by atoms with Gasteiger partial charge in [0.15, 0.2) is 17.8 Å². The number of nitrogens with one attached hydrogen (secondary N) is 2. The third-order valence-electron chi connectivity index (χ3n) is 8.77. The van der Waals surface area contributed by atoms with E-state index in [1.165, 1.54) is 11.1 Å². The summed E-state index contributed by atoms with van der Waals surface area (Å²) in [6, 6.07) is 19.5. The molecule has 0 bridgehead atoms. The number of methoxy groups -OCH3 is 2. The SMILES string of the molecule is COc1cc2c(cc1OC)CN(C[C@H]1C[C@@H](c3ccc(CO)cc3)O[C@@H](c3ccc(NC(=O)CCCCCC(=O)NO)cc3)O1)CC2. The first-order chi connectivity index (χ1) is 22.9. The van der Waals surface area contributed by atoms with E-state index in [-0.39, 0.29) is 31.1 Å². The van der Waals surface area contributed by atoms with Gasteiger partial charge >= 0.3 is 0 Å². The fourth-order valence-corrected chi connectivity index (χ4v) is 6.17. The number of anilines is 1. The van der Waals surface area contributed by atoms with Gasteiger partial charge in [-0.15, -0.1) is 0 Å². The Morgan fingerprint density at radius 1 is 0.872 bits per heavy atom. The van der Waals surface area contributed by atoms with Crippen molar-refractivity contribution < 1.29 is 38.9 Å². The fraction of sp³-hybridized carbons (Fsp3) is 0.444. The van der Waals surface area contributed by atoms with Crippen LogP contribution in [0, 0.1) is 0 Å². The number of aliphatic hydroxyl groups is 1. The van der Waals surface area contributed by atoms with E-state index >= 15 is 0 Å². The minimum atomic E-state index is -0.599. The molecular weight excluding hydrogens is 602 g/mol. The molecule has 3 atom stereocenters. The van der Waals surface area contributed by atoms with Crippen molar-refractivity contribution in [2.24, 2.45) is 0 Å². The molecule has 2 amide bonds. The number of fused-ring (bicyclic) bond motifs is 1. The predicted octanol–water partition coefficient (Wildman–Crippen LogP) is 5.19. The first-order valence-corrected chi connectivity index (χ1v) is 16.2. The maximum Gasteiger partial charge on any atom is 0.243 e. The summed E-state index contributed by atoms with van der Waals surface area (Å²) in [5, 5.41) is 21.0. The highest BCUT2D eigenvalue weighted by Gasteiger charge is 2.34. The third-order valence-corrected chi connectivity index (χ3v) is 8.77. The predicted molar refractivity (Wildman–Crippen MR) is 175 cm³/mol. The number of aliphatic hydroxyl groups excluding tert-OH is 1. The Hall–Kier alpha value is -4.00. The normalized spacial score (nSPS) is 19.4. The first-order valence-electron chi connectivity index (χ1n) is 16.2. The van der Waals surface area contributed by atoms with E-state index in [2.05, 4.69) is 22.3 Å². The van der Waals surface area contributed by atoms with Crippen molar-refractivity contribution in [3.63, 3.8) is 0 Å². The number of carbonyl (C=O) groups excluding carboxylic acids is 2. The molecule has 0 aromatic heterocycles. The quantitative estimate of drug-likeness (QED) is 0.106. The third kappa shape index (κ3) is 9.30. The number of hydrogen-bond acceptors (Lipinski definition) is 9. The molecule has 252 valence electrons. The van der Waals surface area contributed by atoms with Crippen LogP contribution in [-0.2, 0) is 38.6 Å². The average Bonchev–Trinajstić information content (AvgIpc) is 3.10. The van der Waals surface area contributed by atoms with Crippen molar-refractivity contribution in [1.82, 2.24) is 10.4 Å². The number of ether oxygens (including phenoxy) is 4. The zero-order valence-corrected chi connectivity index (χ0v) is 27.1. The van der Waals surface area contributed by atoms with Crippen molar-refractivity contribution in [1.29, 1.82) is 0 Å². The largest absolute Gasteiger partial charge is 0.493 e. The lowest BCUT2D eigenvalue weighted by molar-refractivity contribution is -0.253. The van der Waals surface area contributed by atoms with E-state index < -0.39 is 12.2 Å². The van der Waals surface area contributed by atoms with Gasteiger partial charge in [0.1, 0.15) is 0 Å². The molecule has 2 heterocycles. The standard InChI is InChI=1S/C36H45N3O8/c1-44-32-18-27-16-17-39(21-28(27)19-33(32)45-2)22-30-20-31(25-10-8-24(23-40)9-11-25)47-36(46-30)26-12-14-29(15-13-26)37-34(41)6-4-3-5-7-35(42)38-43/h8-15,18-19,30-31,36,40,43H,3-7,16-17,20-23H2,1-2H3,(H,37,41)(H,38,42)/t30-,31+,36+/m1/s1. The average molecular weight is 648 g/mol. The maximum absolute atomic E-state index is 12.5. The number of hydrogen-bond donors (Lipinski definition) is 4. The fourth-order valence-electron chi connectivity index (χ4n) is 6.17. The molecule has 3 aromatic carbocycles. The summed E-state index contributed by atoms with van der Waals surface area (Å²) in [5.41, 5.74) is 7.52. The van der Waals surface area contributed by atoms with E-state index in [4.69, 9.17) is 24.2 Å². The summed E-state index contributed by atoms with van der Waals surface area (Å²) in [6.07, 6.45) is 3.25. The highest BCUT2D eigenvalue weighted by molar-refractivity contribution is 5.90. The second kappa shape index (κ2) is 16.7. The molecule has 4 N–H and O–H groups in total. The minimum Gasteiger partial charge on any atom is -0.493 e. The summed E-state index contributed by atoms with van der Waals surface area (Å²) < 4.78 is 24.2. The Kier molecular flexibility index (Phi) is 12.2. The Labute approximate surface area is 275 Å². The second-order valence-electron chi connectivity index (χ2n) is 12.1. The molecule has 0 aliphatic carbocycles. The number of carbonyl (C=O) groups is 2. The highest BCUT2D eigenvalue weighted by Crippen LogP contribution is 2.39. The number of benzene rings is 3. The molecule has 47 heavy (non-hydrogen) atoms. The number of amides is 2. The lowest BCUT2D eigenvalue weighted by Gasteiger charge is -2.39. The number of rotatable bonds is 14. The van der Waals surface area contributed by atoms with Crippen LogP contribution in [0.15, 0.2) is 60.7 Å². The number of unbranched alkanes of at least 4 members (excludes halogenated alkanes) is 2. The van der Waals surface area contributed by atoms with E-state index in [0.717, 1.165) is 54.2 Å². The second-order valence-corrected chi connectivity index (χ2v) is 12.1. The Morgan fingerprint density at radius 3 is 2.19 bits per heavy atom. The molecule has 11 heteroatoms. The van der Waals surface area contributed by atoms with Crippen molar-refractivity contribution in [2.75, 3.05) is 32.6 Å². The van der Waals surface area contributed by atoms with Gasteiger partial charge in [-0.25, -0.2) is 5.48 Å². The highest BCUT2D eigenvalue weighted by atomic mass is 16.7. The lowest BCUT2D eigenvalue weighted by atomic mass is 9.97. The van der Waals surface area contributed by atoms with Crippen LogP contribution in [0.4, 0.5) is 5.69 Å². The molecule has 1 saturated heterocycles. The number of nitrogens with zero attached hydrogens (tertiary/aromatic N) is 1. The van der Waals surface area contributed by atoms with Crippen molar-refractivity contribution >= 4 is 17.5 Å². The van der Waals surface area contributed by atoms with Gasteiger partial charge < -0.3 is 29.4 Å². The molecule has 0 unspecified atom stereocenters.